The zero-order valence-electron chi connectivity index (χ0n) is 15.0. The summed E-state index contributed by atoms with van der Waals surface area (Å²) in [7, 11) is 0. The van der Waals surface area contributed by atoms with Gasteiger partial charge in [-0.15, -0.1) is 0 Å². The van der Waals surface area contributed by atoms with Crippen molar-refractivity contribution in [2.24, 2.45) is 0 Å². The molecule has 0 aliphatic carbocycles. The minimum atomic E-state index is -1.22. The van der Waals surface area contributed by atoms with Crippen molar-refractivity contribution in [2.75, 3.05) is 24.6 Å². The fraction of sp³-hybridized carbons (Fsp3) is 0.316. The lowest BCUT2D eigenvalue weighted by molar-refractivity contribution is -0.0238. The van der Waals surface area contributed by atoms with Crippen molar-refractivity contribution in [3.05, 3.63) is 56.4 Å². The van der Waals surface area contributed by atoms with Gasteiger partial charge >= 0.3 is 4.87 Å². The zero-order valence-corrected chi connectivity index (χ0v) is 16.5. The van der Waals surface area contributed by atoms with Gasteiger partial charge in [0.25, 0.3) is 0 Å². The summed E-state index contributed by atoms with van der Waals surface area (Å²) in [4.78, 5) is 15.0. The van der Waals surface area contributed by atoms with Gasteiger partial charge in [-0.05, 0) is 37.1 Å². The first kappa shape index (κ1) is 20.1. The molecule has 5 nitrogen and oxygen atoms in total. The summed E-state index contributed by atoms with van der Waals surface area (Å²) < 4.78 is 48.1. The van der Waals surface area contributed by atoms with Crippen LogP contribution in [0.15, 0.2) is 29.1 Å². The lowest BCUT2D eigenvalue weighted by Gasteiger charge is -2.39. The van der Waals surface area contributed by atoms with Crippen LogP contribution >= 0.6 is 22.9 Å². The topological polar surface area (TPSA) is 65.6 Å². The molecule has 2 aromatic carbocycles. The SMILES string of the molecule is O=c1[nH]c2c(F)ccc(OCC3(O)CCN(c4c(F)cc(Cl)cc4F)CC3)c2s1. The molecule has 0 atom stereocenters. The van der Waals surface area contributed by atoms with Gasteiger partial charge in [-0.25, -0.2) is 13.2 Å². The summed E-state index contributed by atoms with van der Waals surface area (Å²) in [5.74, 6) is -1.79. The Morgan fingerprint density at radius 1 is 1.17 bits per heavy atom. The smallest absolute Gasteiger partial charge is 0.305 e. The molecule has 0 radical (unpaired) electrons. The third-order valence-electron chi connectivity index (χ3n) is 4.98. The normalized spacial score (nSPS) is 16.4. The minimum absolute atomic E-state index is 0.0247. The molecule has 0 bridgehead atoms. The van der Waals surface area contributed by atoms with Crippen LogP contribution in [0, 0.1) is 17.5 Å². The molecule has 1 aromatic heterocycles. The molecule has 4 rings (SSSR count). The quantitative estimate of drug-likeness (QED) is 0.636. The Morgan fingerprint density at radius 2 is 1.83 bits per heavy atom. The summed E-state index contributed by atoms with van der Waals surface area (Å²) in [6.07, 6.45) is 0.421. The van der Waals surface area contributed by atoms with Crippen LogP contribution in [0.4, 0.5) is 18.9 Å². The number of aromatic nitrogens is 1. The van der Waals surface area contributed by atoms with Crippen molar-refractivity contribution in [3.8, 4) is 5.75 Å². The summed E-state index contributed by atoms with van der Waals surface area (Å²) >= 11 is 6.48. The van der Waals surface area contributed by atoms with E-state index in [1.54, 1.807) is 0 Å². The van der Waals surface area contributed by atoms with Gasteiger partial charge in [0, 0.05) is 18.1 Å². The second kappa shape index (κ2) is 7.55. The van der Waals surface area contributed by atoms with Crippen molar-refractivity contribution < 1.29 is 23.0 Å². The first-order valence-electron chi connectivity index (χ1n) is 8.82. The molecule has 2 heterocycles. The number of halogens is 4. The number of aromatic amines is 1. The molecule has 154 valence electrons. The van der Waals surface area contributed by atoms with Gasteiger partial charge in [-0.3, -0.25) is 4.79 Å². The van der Waals surface area contributed by atoms with E-state index in [0.717, 1.165) is 23.5 Å². The van der Waals surface area contributed by atoms with Crippen LogP contribution in [0.1, 0.15) is 12.8 Å². The molecule has 1 fully saturated rings. The fourth-order valence-electron chi connectivity index (χ4n) is 3.43. The number of ether oxygens (including phenoxy) is 1. The van der Waals surface area contributed by atoms with E-state index in [-0.39, 0.29) is 54.5 Å². The second-order valence-electron chi connectivity index (χ2n) is 6.98. The highest BCUT2D eigenvalue weighted by atomic mass is 35.5. The Labute approximate surface area is 172 Å². The van der Waals surface area contributed by atoms with Gasteiger partial charge in [-0.1, -0.05) is 22.9 Å². The Balaban J connectivity index is 1.46. The monoisotopic (exact) mass is 444 g/mol. The number of fused-ring (bicyclic) bond motifs is 1. The van der Waals surface area contributed by atoms with Crippen molar-refractivity contribution in [1.29, 1.82) is 0 Å². The first-order chi connectivity index (χ1) is 13.8. The number of nitrogens with one attached hydrogen (secondary N) is 1. The highest BCUT2D eigenvalue weighted by Crippen LogP contribution is 2.34. The standard InChI is InChI=1S/C19H16ClF3N2O3S/c20-10-7-12(22)16(13(23)8-10)25-5-3-19(27,4-6-25)9-28-14-2-1-11(21)15-17(14)29-18(26)24-15/h1-2,7-8,27H,3-6,9H2,(H,24,26). The molecule has 29 heavy (non-hydrogen) atoms. The molecule has 0 unspecified atom stereocenters. The van der Waals surface area contributed by atoms with Crippen molar-refractivity contribution in [1.82, 2.24) is 4.98 Å². The maximum absolute atomic E-state index is 14.1. The van der Waals surface area contributed by atoms with E-state index in [1.807, 2.05) is 0 Å². The van der Waals surface area contributed by atoms with E-state index in [9.17, 15) is 23.1 Å². The van der Waals surface area contributed by atoms with Crippen LogP contribution in [-0.4, -0.2) is 35.4 Å². The summed E-state index contributed by atoms with van der Waals surface area (Å²) in [5.41, 5.74) is -1.33. The zero-order chi connectivity index (χ0) is 20.8. The maximum atomic E-state index is 14.1. The van der Waals surface area contributed by atoms with Gasteiger partial charge in [0.2, 0.25) is 0 Å². The summed E-state index contributed by atoms with van der Waals surface area (Å²) in [6.45, 7) is 0.330. The number of piperidine rings is 1. The van der Waals surface area contributed by atoms with Gasteiger partial charge < -0.3 is 19.7 Å². The summed E-state index contributed by atoms with van der Waals surface area (Å²) in [6, 6.07) is 4.68. The molecular weight excluding hydrogens is 429 g/mol. The highest BCUT2D eigenvalue weighted by Gasteiger charge is 2.35. The van der Waals surface area contributed by atoms with Crippen LogP contribution in [-0.2, 0) is 0 Å². The van der Waals surface area contributed by atoms with E-state index in [0.29, 0.717) is 4.70 Å². The first-order valence-corrected chi connectivity index (χ1v) is 10.0. The minimum Gasteiger partial charge on any atom is -0.489 e. The number of hydrogen-bond acceptors (Lipinski definition) is 5. The van der Waals surface area contributed by atoms with Crippen LogP contribution in [0.25, 0.3) is 10.2 Å². The average Bonchev–Trinajstić information content (AvgIpc) is 3.05. The molecule has 3 aromatic rings. The van der Waals surface area contributed by atoms with Gasteiger partial charge in [0.05, 0.1) is 5.52 Å². The van der Waals surface area contributed by atoms with E-state index >= 15 is 0 Å². The van der Waals surface area contributed by atoms with Crippen LogP contribution in [0.5, 0.6) is 5.75 Å². The molecule has 0 amide bonds. The predicted octanol–water partition coefficient (Wildman–Crippen LogP) is 4.07. The number of nitrogens with zero attached hydrogens (tertiary/aromatic N) is 1. The lowest BCUT2D eigenvalue weighted by atomic mass is 9.92. The second-order valence-corrected chi connectivity index (χ2v) is 8.40. The number of anilines is 1. The van der Waals surface area contributed by atoms with E-state index in [2.05, 4.69) is 4.98 Å². The van der Waals surface area contributed by atoms with Crippen LogP contribution in [0.2, 0.25) is 5.02 Å². The Bertz CT molecular complexity index is 1100. The average molecular weight is 445 g/mol. The molecule has 0 spiro atoms. The number of H-pyrrole nitrogens is 1. The van der Waals surface area contributed by atoms with E-state index < -0.39 is 27.9 Å². The number of aliphatic hydroxyl groups is 1. The molecule has 1 aliphatic heterocycles. The number of hydrogen-bond donors (Lipinski definition) is 2. The van der Waals surface area contributed by atoms with Crippen molar-refractivity contribution >= 4 is 38.8 Å². The molecule has 0 saturated carbocycles. The molecule has 10 heteroatoms. The van der Waals surface area contributed by atoms with Crippen LogP contribution < -0.4 is 14.5 Å². The van der Waals surface area contributed by atoms with E-state index in [4.69, 9.17) is 16.3 Å². The lowest BCUT2D eigenvalue weighted by Crippen LogP contribution is -2.48. The highest BCUT2D eigenvalue weighted by molar-refractivity contribution is 7.16. The Morgan fingerprint density at radius 3 is 2.48 bits per heavy atom. The number of thiazole rings is 1. The van der Waals surface area contributed by atoms with Crippen LogP contribution in [0.3, 0.4) is 0 Å². The predicted molar refractivity (Wildman–Crippen MR) is 106 cm³/mol. The van der Waals surface area contributed by atoms with Crippen molar-refractivity contribution in [2.45, 2.75) is 18.4 Å². The molecule has 2 N–H and O–H groups in total. The molecule has 1 saturated heterocycles. The number of benzene rings is 2. The fourth-order valence-corrected chi connectivity index (χ4v) is 4.44. The van der Waals surface area contributed by atoms with Crippen molar-refractivity contribution in [3.63, 3.8) is 0 Å². The van der Waals surface area contributed by atoms with Gasteiger partial charge in [0.1, 0.15) is 34.2 Å². The number of rotatable bonds is 4. The summed E-state index contributed by atoms with van der Waals surface area (Å²) in [5, 5.41) is 10.8. The Hall–Kier alpha value is -2.23. The van der Waals surface area contributed by atoms with Gasteiger partial charge in [0.15, 0.2) is 11.6 Å². The molecule has 1 aliphatic rings. The maximum Gasteiger partial charge on any atom is 0.305 e. The largest absolute Gasteiger partial charge is 0.489 e. The van der Waals surface area contributed by atoms with E-state index in [1.165, 1.54) is 17.0 Å². The Kier molecular flexibility index (Phi) is 5.22. The van der Waals surface area contributed by atoms with Gasteiger partial charge in [-0.2, -0.15) is 0 Å². The molecular formula is C19H16ClF3N2O3S. The third-order valence-corrected chi connectivity index (χ3v) is 6.10. The third kappa shape index (κ3) is 3.94.